The molecule has 0 saturated heterocycles. The van der Waals surface area contributed by atoms with Crippen LogP contribution in [0.4, 0.5) is 26.3 Å². The summed E-state index contributed by atoms with van der Waals surface area (Å²) >= 11 is 0. The molecular formula is C9H8F6LiO16P. The number of rotatable bonds is 6. The van der Waals surface area contributed by atoms with Crippen molar-refractivity contribution in [3.05, 3.63) is 0 Å². The Morgan fingerprint density at radius 1 is 0.515 bits per heavy atom. The van der Waals surface area contributed by atoms with Gasteiger partial charge in [-0.1, -0.05) is 0 Å². The number of alkyl halides is 6. The minimum Gasteiger partial charge on any atom is -0.756 e. The number of aliphatic carboxylic acids is 6. The molecule has 0 radical (unpaired) electrons. The molecule has 0 aromatic rings. The summed E-state index contributed by atoms with van der Waals surface area (Å²) in [5.74, 6) is -29.9. The zero-order valence-electron chi connectivity index (χ0n) is 15.1. The molecule has 0 saturated carbocycles. The molecule has 0 aromatic carbocycles. The maximum absolute atomic E-state index is 11.5. The molecule has 33 heavy (non-hydrogen) atoms. The average molecular weight is 524 g/mol. The van der Waals surface area contributed by atoms with E-state index in [1.54, 1.807) is 0 Å². The van der Waals surface area contributed by atoms with Crippen LogP contribution in [0.3, 0.4) is 0 Å². The van der Waals surface area contributed by atoms with Gasteiger partial charge in [0, 0.05) is 0 Å². The second-order valence-electron chi connectivity index (χ2n) is 4.04. The molecule has 0 aliphatic carbocycles. The molecule has 0 amide bonds. The summed E-state index contributed by atoms with van der Waals surface area (Å²) in [6.45, 7) is 0. The fraction of sp³-hybridized carbons (Fsp3) is 0.333. The molecule has 0 heterocycles. The van der Waals surface area contributed by atoms with Crippen LogP contribution >= 0.6 is 7.82 Å². The summed E-state index contributed by atoms with van der Waals surface area (Å²) in [5, 5.41) is 44.9. The first kappa shape index (κ1) is 40.5. The summed E-state index contributed by atoms with van der Waals surface area (Å²) in [4.78, 5) is 78.9. The zero-order valence-corrected chi connectivity index (χ0v) is 16.0. The third kappa shape index (κ3) is 19.5. The van der Waals surface area contributed by atoms with Crippen molar-refractivity contribution in [2.75, 3.05) is 0 Å². The molecule has 0 aromatic heterocycles. The van der Waals surface area contributed by atoms with Gasteiger partial charge in [0.05, 0.1) is 0 Å². The topological polar surface area (TPSA) is 304 Å². The molecule has 0 aliphatic rings. The predicted octanol–water partition coefficient (Wildman–Crippen LogP) is -5.18. The first-order chi connectivity index (χ1) is 13.7. The summed E-state index contributed by atoms with van der Waals surface area (Å²) in [5.41, 5.74) is 0. The Bertz CT molecular complexity index is 637. The summed E-state index contributed by atoms with van der Waals surface area (Å²) in [6.07, 6.45) is 0. The molecule has 0 unspecified atom stereocenters. The van der Waals surface area contributed by atoms with E-state index in [9.17, 15) is 55.1 Å². The van der Waals surface area contributed by atoms with E-state index in [4.69, 9.17) is 49.9 Å². The normalized spacial score (nSPS) is 10.7. The van der Waals surface area contributed by atoms with E-state index in [-0.39, 0.29) is 18.9 Å². The third-order valence-corrected chi connectivity index (χ3v) is 1.61. The Kier molecular flexibility index (Phi) is 18.4. The Morgan fingerprint density at radius 2 is 0.576 bits per heavy atom. The molecule has 16 nitrogen and oxygen atoms in total. The summed E-state index contributed by atoms with van der Waals surface area (Å²) in [7, 11) is -4.89. The van der Waals surface area contributed by atoms with E-state index in [2.05, 4.69) is 0 Å². The van der Waals surface area contributed by atoms with Crippen molar-refractivity contribution in [1.29, 1.82) is 0 Å². The molecule has 0 atom stereocenters. The number of carbonyl (C=O) groups is 6. The fourth-order valence-corrected chi connectivity index (χ4v) is 0.274. The zero-order chi connectivity index (χ0) is 27.5. The summed E-state index contributed by atoms with van der Waals surface area (Å²) < 4.78 is 77.6. The van der Waals surface area contributed by atoms with Gasteiger partial charge in [-0.2, -0.15) is 26.3 Å². The summed E-state index contributed by atoms with van der Waals surface area (Å²) in [6, 6.07) is 0. The maximum atomic E-state index is 11.5. The van der Waals surface area contributed by atoms with Gasteiger partial charge in [0.2, 0.25) is 0 Å². The standard InChI is InChI=1S/3C3H2F2O4.Li.H3O4P/c3*4-3(5,1(6)7)2(8)9;;1-5(2,3)4/h3*(H,6,7)(H,8,9);;(H3,1,2,3,4)/q;;;+1;/p-1. The van der Waals surface area contributed by atoms with E-state index in [0.29, 0.717) is 0 Å². The van der Waals surface area contributed by atoms with Crippen LogP contribution in [0.1, 0.15) is 0 Å². The Labute approximate surface area is 186 Å². The van der Waals surface area contributed by atoms with Gasteiger partial charge in [-0.3, -0.25) is 4.57 Å². The Balaban J connectivity index is -0.000000107. The van der Waals surface area contributed by atoms with E-state index < -0.39 is 61.4 Å². The van der Waals surface area contributed by atoms with Crippen LogP contribution in [0.2, 0.25) is 0 Å². The van der Waals surface area contributed by atoms with Crippen molar-refractivity contribution in [3.8, 4) is 0 Å². The minimum atomic E-state index is -4.89. The van der Waals surface area contributed by atoms with Gasteiger partial charge in [0.1, 0.15) is 0 Å². The van der Waals surface area contributed by atoms with E-state index in [0.717, 1.165) is 0 Å². The molecular weight excluding hydrogens is 516 g/mol. The van der Waals surface area contributed by atoms with Gasteiger partial charge in [-0.05, 0) is 0 Å². The van der Waals surface area contributed by atoms with E-state index in [1.807, 2.05) is 0 Å². The van der Waals surface area contributed by atoms with Crippen molar-refractivity contribution >= 4 is 43.6 Å². The van der Waals surface area contributed by atoms with Crippen molar-refractivity contribution in [2.45, 2.75) is 17.8 Å². The van der Waals surface area contributed by atoms with Crippen LogP contribution in [-0.2, 0) is 33.3 Å². The smallest absolute Gasteiger partial charge is 0.756 e. The van der Waals surface area contributed by atoms with Crippen LogP contribution in [0, 0.1) is 0 Å². The largest absolute Gasteiger partial charge is 1.00 e. The average Bonchev–Trinajstić information content (AvgIpc) is 2.53. The quantitative estimate of drug-likeness (QED) is 0.0697. The van der Waals surface area contributed by atoms with Crippen molar-refractivity contribution in [1.82, 2.24) is 0 Å². The molecule has 0 bridgehead atoms. The van der Waals surface area contributed by atoms with Crippen LogP contribution < -0.4 is 23.8 Å². The molecule has 0 fully saturated rings. The van der Waals surface area contributed by atoms with Crippen molar-refractivity contribution < 1.29 is 124 Å². The molecule has 0 spiro atoms. The second-order valence-corrected chi connectivity index (χ2v) is 5.03. The van der Waals surface area contributed by atoms with Crippen LogP contribution in [-0.4, -0.2) is 94.0 Å². The monoisotopic (exact) mass is 524 g/mol. The molecule has 0 aliphatic heterocycles. The van der Waals surface area contributed by atoms with Gasteiger partial charge in [0.25, 0.3) is 7.82 Å². The number of carboxylic acid groups (broad SMARTS) is 6. The minimum absolute atomic E-state index is 0. The molecule has 24 heteroatoms. The maximum Gasteiger partial charge on any atom is 1.00 e. The van der Waals surface area contributed by atoms with E-state index >= 15 is 0 Å². The predicted molar refractivity (Wildman–Crippen MR) is 72.7 cm³/mol. The number of phosphoric acid groups is 1. The fourth-order valence-electron chi connectivity index (χ4n) is 0.274. The number of hydrogen-bond donors (Lipinski definition) is 8. The third-order valence-electron chi connectivity index (χ3n) is 1.61. The van der Waals surface area contributed by atoms with Gasteiger partial charge >= 0.3 is 72.4 Å². The molecule has 8 N–H and O–H groups in total. The van der Waals surface area contributed by atoms with Gasteiger partial charge < -0.3 is 45.3 Å². The molecule has 0 rings (SSSR count). The Hall–Kier alpha value is -2.89. The second kappa shape index (κ2) is 15.0. The SMILES string of the molecule is O=C(O)C(F)(F)C(=O)O.O=C(O)C(F)(F)C(=O)O.O=C(O)C(F)(F)C(=O)O.O=P([O-])(O)O.[Li+]. The van der Waals surface area contributed by atoms with Crippen molar-refractivity contribution in [3.63, 3.8) is 0 Å². The first-order valence-corrected chi connectivity index (χ1v) is 7.50. The van der Waals surface area contributed by atoms with Crippen LogP contribution in [0.25, 0.3) is 0 Å². The Morgan fingerprint density at radius 3 is 0.576 bits per heavy atom. The van der Waals surface area contributed by atoms with Crippen LogP contribution in [0.5, 0.6) is 0 Å². The number of hydrogen-bond acceptors (Lipinski definition) is 8. The van der Waals surface area contributed by atoms with Gasteiger partial charge in [0.15, 0.2) is 0 Å². The van der Waals surface area contributed by atoms with Gasteiger partial charge in [-0.25, -0.2) is 28.8 Å². The first-order valence-electron chi connectivity index (χ1n) is 5.97. The number of carboxylic acids is 6. The van der Waals surface area contributed by atoms with Crippen molar-refractivity contribution in [2.24, 2.45) is 0 Å². The van der Waals surface area contributed by atoms with Gasteiger partial charge in [-0.15, -0.1) is 0 Å². The number of halogens is 6. The molecule has 188 valence electrons. The van der Waals surface area contributed by atoms with Crippen LogP contribution in [0.15, 0.2) is 0 Å². The van der Waals surface area contributed by atoms with E-state index in [1.165, 1.54) is 0 Å².